The number of hydrogen-bond acceptors (Lipinski definition) is 4. The molecule has 0 fully saturated rings. The summed E-state index contributed by atoms with van der Waals surface area (Å²) in [6, 6.07) is 9.08. The van der Waals surface area contributed by atoms with Crippen molar-refractivity contribution in [2.24, 2.45) is 5.73 Å². The predicted molar refractivity (Wildman–Crippen MR) is 68.6 cm³/mol. The third-order valence-corrected chi connectivity index (χ3v) is 3.53. The fourth-order valence-electron chi connectivity index (χ4n) is 1.23. The lowest BCUT2D eigenvalue weighted by molar-refractivity contribution is 0.921. The van der Waals surface area contributed by atoms with Crippen molar-refractivity contribution in [2.45, 2.75) is 9.92 Å². The number of nitrogens with two attached hydrogens (primary N) is 1. The van der Waals surface area contributed by atoms with Crippen LogP contribution in [-0.4, -0.2) is 16.0 Å². The Morgan fingerprint density at radius 2 is 2.06 bits per heavy atom. The minimum atomic E-state index is -0.0329. The van der Waals surface area contributed by atoms with Gasteiger partial charge in [-0.25, -0.2) is 0 Å². The van der Waals surface area contributed by atoms with Gasteiger partial charge in [-0.1, -0.05) is 35.5 Å². The third kappa shape index (κ3) is 2.75. The van der Waals surface area contributed by atoms with Crippen molar-refractivity contribution >= 4 is 29.2 Å². The molecule has 0 aliphatic carbocycles. The summed E-state index contributed by atoms with van der Waals surface area (Å²) in [5.41, 5.74) is 6.04. The summed E-state index contributed by atoms with van der Waals surface area (Å²) in [5, 5.41) is 16.4. The molecule has 3 N–H and O–H groups in total. The van der Waals surface area contributed by atoms with E-state index in [-0.39, 0.29) is 5.84 Å². The lowest BCUT2D eigenvalue weighted by Gasteiger charge is -2.06. The molecule has 17 heavy (non-hydrogen) atoms. The average molecular weight is 265 g/mol. The fraction of sp³-hybridized carbons (Fsp3) is 0. The van der Waals surface area contributed by atoms with Crippen LogP contribution in [0.4, 0.5) is 0 Å². The highest BCUT2D eigenvalue weighted by atomic mass is 35.5. The zero-order valence-electron chi connectivity index (χ0n) is 8.72. The number of halogens is 1. The molecule has 6 heteroatoms. The average Bonchev–Trinajstić information content (AvgIpc) is 2.32. The highest BCUT2D eigenvalue weighted by Crippen LogP contribution is 2.33. The maximum absolute atomic E-state index is 7.46. The van der Waals surface area contributed by atoms with E-state index in [1.165, 1.54) is 18.0 Å². The molecule has 4 nitrogen and oxygen atoms in total. The molecule has 0 bridgehead atoms. The largest absolute Gasteiger partial charge is 0.384 e. The minimum Gasteiger partial charge on any atom is -0.384 e. The van der Waals surface area contributed by atoms with Crippen LogP contribution < -0.4 is 5.73 Å². The Hall–Kier alpha value is -1.59. The van der Waals surface area contributed by atoms with Crippen LogP contribution in [0.1, 0.15) is 5.56 Å². The van der Waals surface area contributed by atoms with Crippen molar-refractivity contribution < 1.29 is 0 Å². The molecule has 0 unspecified atom stereocenters. The number of aromatic nitrogens is 2. The van der Waals surface area contributed by atoms with E-state index in [9.17, 15) is 0 Å². The topological polar surface area (TPSA) is 75.7 Å². The van der Waals surface area contributed by atoms with Gasteiger partial charge in [0.15, 0.2) is 0 Å². The second kappa shape index (κ2) is 5.16. The van der Waals surface area contributed by atoms with Gasteiger partial charge in [-0.2, -0.15) is 5.10 Å². The summed E-state index contributed by atoms with van der Waals surface area (Å²) < 4.78 is 0. The summed E-state index contributed by atoms with van der Waals surface area (Å²) >= 11 is 7.39. The van der Waals surface area contributed by atoms with Gasteiger partial charge in [-0.3, -0.25) is 5.41 Å². The van der Waals surface area contributed by atoms with Crippen molar-refractivity contribution in [2.75, 3.05) is 0 Å². The fourth-order valence-corrected chi connectivity index (χ4v) is 2.38. The first-order chi connectivity index (χ1) is 8.18. The number of amidine groups is 1. The van der Waals surface area contributed by atoms with Crippen LogP contribution in [0.2, 0.25) is 5.02 Å². The molecule has 0 saturated carbocycles. The van der Waals surface area contributed by atoms with Crippen molar-refractivity contribution in [1.82, 2.24) is 10.2 Å². The van der Waals surface area contributed by atoms with E-state index in [0.717, 1.165) is 4.90 Å². The van der Waals surface area contributed by atoms with E-state index in [1.54, 1.807) is 12.1 Å². The van der Waals surface area contributed by atoms with Crippen LogP contribution in [0, 0.1) is 5.41 Å². The first-order valence-electron chi connectivity index (χ1n) is 4.77. The van der Waals surface area contributed by atoms with Gasteiger partial charge in [0, 0.05) is 4.90 Å². The zero-order chi connectivity index (χ0) is 12.3. The molecule has 0 aliphatic heterocycles. The number of nitrogens with one attached hydrogen (secondary N) is 1. The number of nitrogen functional groups attached to an aromatic ring is 1. The summed E-state index contributed by atoms with van der Waals surface area (Å²) in [6.45, 7) is 0. The Morgan fingerprint density at radius 3 is 2.76 bits per heavy atom. The van der Waals surface area contributed by atoms with E-state index < -0.39 is 0 Å². The lowest BCUT2D eigenvalue weighted by Crippen LogP contribution is -2.13. The first kappa shape index (κ1) is 11.9. The summed E-state index contributed by atoms with van der Waals surface area (Å²) in [4.78, 5) is 0.858. The maximum Gasteiger partial charge on any atom is 0.134 e. The SMILES string of the molecule is N=C(N)c1ccnnc1Sc1ccccc1Cl. The Bertz CT molecular complexity index is 559. The summed E-state index contributed by atoms with van der Waals surface area (Å²) in [7, 11) is 0. The van der Waals surface area contributed by atoms with Crippen LogP contribution in [0.5, 0.6) is 0 Å². The van der Waals surface area contributed by atoms with Gasteiger partial charge in [-0.15, -0.1) is 5.10 Å². The molecule has 1 aromatic carbocycles. The summed E-state index contributed by atoms with van der Waals surface area (Å²) in [6.07, 6.45) is 1.51. The summed E-state index contributed by atoms with van der Waals surface area (Å²) in [5.74, 6) is -0.0329. The Labute approximate surface area is 108 Å². The highest BCUT2D eigenvalue weighted by Gasteiger charge is 2.10. The van der Waals surface area contributed by atoms with Crippen molar-refractivity contribution in [3.63, 3.8) is 0 Å². The molecule has 86 valence electrons. The van der Waals surface area contributed by atoms with Crippen LogP contribution >= 0.6 is 23.4 Å². The molecule has 0 saturated heterocycles. The first-order valence-corrected chi connectivity index (χ1v) is 5.96. The second-order valence-electron chi connectivity index (χ2n) is 3.20. The van der Waals surface area contributed by atoms with Gasteiger partial charge >= 0.3 is 0 Å². The van der Waals surface area contributed by atoms with E-state index in [4.69, 9.17) is 22.7 Å². The van der Waals surface area contributed by atoms with Gasteiger partial charge in [0.1, 0.15) is 10.9 Å². The molecular formula is C11H9ClN4S. The van der Waals surface area contributed by atoms with Gasteiger partial charge < -0.3 is 5.73 Å². The minimum absolute atomic E-state index is 0.0329. The van der Waals surface area contributed by atoms with E-state index >= 15 is 0 Å². The van der Waals surface area contributed by atoms with Gasteiger partial charge in [0.2, 0.25) is 0 Å². The monoisotopic (exact) mass is 264 g/mol. The van der Waals surface area contributed by atoms with Crippen LogP contribution in [-0.2, 0) is 0 Å². The van der Waals surface area contributed by atoms with Crippen molar-refractivity contribution in [3.8, 4) is 0 Å². The molecule has 1 heterocycles. The van der Waals surface area contributed by atoms with E-state index in [1.807, 2.05) is 18.2 Å². The second-order valence-corrected chi connectivity index (χ2v) is 4.63. The molecule has 0 spiro atoms. The van der Waals surface area contributed by atoms with Gasteiger partial charge in [0.25, 0.3) is 0 Å². The molecule has 2 aromatic rings. The number of hydrogen-bond donors (Lipinski definition) is 2. The smallest absolute Gasteiger partial charge is 0.134 e. The van der Waals surface area contributed by atoms with Crippen LogP contribution in [0.25, 0.3) is 0 Å². The quantitative estimate of drug-likeness (QED) is 0.660. The molecule has 2 rings (SSSR count). The molecule has 1 aromatic heterocycles. The lowest BCUT2D eigenvalue weighted by atomic mass is 10.3. The highest BCUT2D eigenvalue weighted by molar-refractivity contribution is 7.99. The molecule has 0 atom stereocenters. The van der Waals surface area contributed by atoms with Gasteiger partial charge in [0.05, 0.1) is 16.8 Å². The third-order valence-electron chi connectivity index (χ3n) is 2.02. The zero-order valence-corrected chi connectivity index (χ0v) is 10.3. The molecular weight excluding hydrogens is 256 g/mol. The van der Waals surface area contributed by atoms with E-state index in [2.05, 4.69) is 10.2 Å². The van der Waals surface area contributed by atoms with Crippen LogP contribution in [0.3, 0.4) is 0 Å². The number of benzene rings is 1. The Kier molecular flexibility index (Phi) is 3.61. The normalized spacial score (nSPS) is 10.2. The van der Waals surface area contributed by atoms with E-state index in [0.29, 0.717) is 15.6 Å². The predicted octanol–water partition coefficient (Wildman–Crippen LogP) is 2.57. The maximum atomic E-state index is 7.46. The Morgan fingerprint density at radius 1 is 1.29 bits per heavy atom. The molecule has 0 aliphatic rings. The van der Waals surface area contributed by atoms with Crippen molar-refractivity contribution in [1.29, 1.82) is 5.41 Å². The molecule has 0 radical (unpaired) electrons. The number of rotatable bonds is 3. The van der Waals surface area contributed by atoms with Crippen molar-refractivity contribution in [3.05, 3.63) is 47.1 Å². The molecule has 0 amide bonds. The van der Waals surface area contributed by atoms with Gasteiger partial charge in [-0.05, 0) is 18.2 Å². The standard InChI is InChI=1S/C11H9ClN4S/c12-8-3-1-2-4-9(8)17-11-7(10(13)14)5-6-15-16-11/h1-6H,(H3,13,14). The number of nitrogens with zero attached hydrogens (tertiary/aromatic N) is 2. The van der Waals surface area contributed by atoms with Crippen LogP contribution in [0.15, 0.2) is 46.5 Å². The Balaban J connectivity index is 2.37.